The molecule has 0 aliphatic heterocycles. The predicted molar refractivity (Wildman–Crippen MR) is 141 cm³/mol. The fraction of sp³-hybridized carbons (Fsp3) is 0.111. The van der Waals surface area contributed by atoms with Crippen LogP contribution in [0.25, 0.3) is 20.9 Å². The summed E-state index contributed by atoms with van der Waals surface area (Å²) in [6.45, 7) is 0. The molecule has 2 aromatic carbocycles. The maximum absolute atomic E-state index is 14.9. The standard InChI is InChI=1S/C27H22FN5O3S/c1-32-13-12-30-27(32)23-15-20-26(37-23)22(10-11-29-20)36-21-9-8-17(14-19(21)28)31-24(34)16-25(35)33(2)18-6-4-3-5-7-18/h3-15H,16H2,1-2H3,(H,31,34). The van der Waals surface area contributed by atoms with Crippen LogP contribution >= 0.6 is 11.3 Å². The third-order valence-electron chi connectivity index (χ3n) is 5.68. The predicted octanol–water partition coefficient (Wildman–Crippen LogP) is 5.62. The summed E-state index contributed by atoms with van der Waals surface area (Å²) in [6.07, 6.45) is 4.80. The number of pyridine rings is 1. The molecule has 5 rings (SSSR count). The number of rotatable bonds is 7. The number of nitrogens with one attached hydrogen (secondary N) is 1. The van der Waals surface area contributed by atoms with E-state index in [2.05, 4.69) is 15.3 Å². The molecule has 0 saturated carbocycles. The highest BCUT2D eigenvalue weighted by molar-refractivity contribution is 7.22. The van der Waals surface area contributed by atoms with Gasteiger partial charge in [-0.05, 0) is 30.3 Å². The number of fused-ring (bicyclic) bond motifs is 1. The van der Waals surface area contributed by atoms with Crippen LogP contribution in [0.15, 0.2) is 79.3 Å². The zero-order chi connectivity index (χ0) is 25.9. The van der Waals surface area contributed by atoms with Crippen molar-refractivity contribution in [2.24, 2.45) is 7.05 Å². The number of anilines is 2. The number of carbonyl (C=O) groups excluding carboxylic acids is 2. The second kappa shape index (κ2) is 10.2. The second-order valence-corrected chi connectivity index (χ2v) is 9.31. The number of aryl methyl sites for hydroxylation is 1. The fourth-order valence-electron chi connectivity index (χ4n) is 3.74. The number of halogens is 1. The molecule has 0 saturated heterocycles. The first-order valence-electron chi connectivity index (χ1n) is 11.3. The third kappa shape index (κ3) is 5.19. The summed E-state index contributed by atoms with van der Waals surface area (Å²) in [7, 11) is 3.50. The molecule has 10 heteroatoms. The van der Waals surface area contributed by atoms with E-state index in [9.17, 15) is 14.0 Å². The van der Waals surface area contributed by atoms with E-state index in [1.54, 1.807) is 49.8 Å². The molecule has 186 valence electrons. The van der Waals surface area contributed by atoms with Crippen molar-refractivity contribution in [3.05, 3.63) is 85.1 Å². The van der Waals surface area contributed by atoms with E-state index in [1.165, 1.54) is 28.4 Å². The summed E-state index contributed by atoms with van der Waals surface area (Å²) < 4.78 is 23.5. The number of amides is 2. The lowest BCUT2D eigenvalue weighted by Crippen LogP contribution is -2.30. The number of hydrogen-bond acceptors (Lipinski definition) is 6. The number of ether oxygens (including phenoxy) is 1. The van der Waals surface area contributed by atoms with E-state index in [-0.39, 0.29) is 23.8 Å². The minimum Gasteiger partial charge on any atom is -0.453 e. The molecule has 3 heterocycles. The number of thiophene rings is 1. The first-order chi connectivity index (χ1) is 17.9. The Morgan fingerprint density at radius 3 is 2.59 bits per heavy atom. The van der Waals surface area contributed by atoms with E-state index < -0.39 is 11.7 Å². The van der Waals surface area contributed by atoms with Crippen LogP contribution in [0, 0.1) is 5.82 Å². The van der Waals surface area contributed by atoms with Crippen molar-refractivity contribution in [3.63, 3.8) is 0 Å². The van der Waals surface area contributed by atoms with Gasteiger partial charge in [0.15, 0.2) is 11.6 Å². The Morgan fingerprint density at radius 2 is 1.86 bits per heavy atom. The highest BCUT2D eigenvalue weighted by Gasteiger charge is 2.17. The molecule has 0 aliphatic rings. The van der Waals surface area contributed by atoms with Gasteiger partial charge in [0.05, 0.1) is 15.1 Å². The van der Waals surface area contributed by atoms with Crippen LogP contribution in [0.2, 0.25) is 0 Å². The molecule has 0 unspecified atom stereocenters. The Bertz CT molecular complexity index is 1600. The van der Waals surface area contributed by atoms with Crippen molar-refractivity contribution >= 4 is 44.7 Å². The zero-order valence-corrected chi connectivity index (χ0v) is 20.8. The highest BCUT2D eigenvalue weighted by Crippen LogP contribution is 2.39. The van der Waals surface area contributed by atoms with Crippen molar-refractivity contribution in [1.82, 2.24) is 14.5 Å². The Labute approximate surface area is 216 Å². The average Bonchev–Trinajstić information content (AvgIpc) is 3.52. The van der Waals surface area contributed by atoms with Crippen LogP contribution < -0.4 is 15.0 Å². The highest BCUT2D eigenvalue weighted by atomic mass is 32.1. The number of para-hydroxylation sites is 1. The lowest BCUT2D eigenvalue weighted by Gasteiger charge is -2.17. The Kier molecular flexibility index (Phi) is 6.65. The number of hydrogen-bond donors (Lipinski definition) is 1. The zero-order valence-electron chi connectivity index (χ0n) is 20.0. The molecule has 0 spiro atoms. The maximum Gasteiger partial charge on any atom is 0.236 e. The Morgan fingerprint density at radius 1 is 1.05 bits per heavy atom. The minimum absolute atomic E-state index is 0.00247. The Hall–Kier alpha value is -4.57. The van der Waals surface area contributed by atoms with Gasteiger partial charge < -0.3 is 19.5 Å². The van der Waals surface area contributed by atoms with Gasteiger partial charge in [-0.15, -0.1) is 11.3 Å². The summed E-state index contributed by atoms with van der Waals surface area (Å²) in [5.74, 6) is -0.327. The van der Waals surface area contributed by atoms with Gasteiger partial charge in [0, 0.05) is 56.2 Å². The van der Waals surface area contributed by atoms with Crippen LogP contribution in [0.5, 0.6) is 11.5 Å². The van der Waals surface area contributed by atoms with Crippen LogP contribution in [-0.2, 0) is 16.6 Å². The summed E-state index contributed by atoms with van der Waals surface area (Å²) in [5, 5.41) is 2.57. The van der Waals surface area contributed by atoms with Gasteiger partial charge in [-0.3, -0.25) is 14.6 Å². The molecule has 3 aromatic heterocycles. The topological polar surface area (TPSA) is 89.3 Å². The van der Waals surface area contributed by atoms with E-state index in [0.717, 1.165) is 27.0 Å². The lowest BCUT2D eigenvalue weighted by atomic mass is 10.2. The average molecular weight is 516 g/mol. The first-order valence-corrected chi connectivity index (χ1v) is 12.2. The molecule has 37 heavy (non-hydrogen) atoms. The van der Waals surface area contributed by atoms with Crippen molar-refractivity contribution in [1.29, 1.82) is 0 Å². The number of carbonyl (C=O) groups is 2. The van der Waals surface area contributed by atoms with E-state index in [1.807, 2.05) is 29.9 Å². The molecular formula is C27H22FN5O3S. The van der Waals surface area contributed by atoms with Gasteiger partial charge in [-0.1, -0.05) is 18.2 Å². The summed E-state index contributed by atoms with van der Waals surface area (Å²) in [6, 6.07) is 16.7. The molecule has 1 N–H and O–H groups in total. The molecular weight excluding hydrogens is 493 g/mol. The lowest BCUT2D eigenvalue weighted by molar-refractivity contribution is -0.125. The summed E-state index contributed by atoms with van der Waals surface area (Å²) >= 11 is 1.45. The van der Waals surface area contributed by atoms with Gasteiger partial charge >= 0.3 is 0 Å². The maximum atomic E-state index is 14.9. The van der Waals surface area contributed by atoms with E-state index in [4.69, 9.17) is 4.74 Å². The molecule has 0 atom stereocenters. The van der Waals surface area contributed by atoms with Gasteiger partial charge in [0.25, 0.3) is 0 Å². The van der Waals surface area contributed by atoms with Crippen LogP contribution in [0.1, 0.15) is 6.42 Å². The van der Waals surface area contributed by atoms with Crippen molar-refractivity contribution in [2.75, 3.05) is 17.3 Å². The summed E-state index contributed by atoms with van der Waals surface area (Å²) in [4.78, 5) is 35.9. The minimum atomic E-state index is -0.656. The molecule has 0 fully saturated rings. The smallest absolute Gasteiger partial charge is 0.236 e. The van der Waals surface area contributed by atoms with E-state index in [0.29, 0.717) is 11.4 Å². The Balaban J connectivity index is 1.28. The van der Waals surface area contributed by atoms with Gasteiger partial charge in [0.2, 0.25) is 11.8 Å². The number of benzene rings is 2. The number of imidazole rings is 1. The second-order valence-electron chi connectivity index (χ2n) is 8.26. The molecule has 0 radical (unpaired) electrons. The van der Waals surface area contributed by atoms with Crippen molar-refractivity contribution < 1.29 is 18.7 Å². The van der Waals surface area contributed by atoms with Gasteiger partial charge in [0.1, 0.15) is 18.0 Å². The number of nitrogens with zero attached hydrogens (tertiary/aromatic N) is 4. The van der Waals surface area contributed by atoms with Crippen LogP contribution in [-0.4, -0.2) is 33.4 Å². The van der Waals surface area contributed by atoms with Crippen molar-refractivity contribution in [3.8, 4) is 22.2 Å². The molecule has 5 aromatic rings. The van der Waals surface area contributed by atoms with Gasteiger partial charge in [-0.2, -0.15) is 0 Å². The van der Waals surface area contributed by atoms with Crippen molar-refractivity contribution in [2.45, 2.75) is 6.42 Å². The third-order valence-corrected chi connectivity index (χ3v) is 6.82. The number of aromatic nitrogens is 3. The largest absolute Gasteiger partial charge is 0.453 e. The monoisotopic (exact) mass is 515 g/mol. The molecule has 0 bridgehead atoms. The summed E-state index contributed by atoms with van der Waals surface area (Å²) in [5.41, 5.74) is 1.61. The quantitative estimate of drug-likeness (QED) is 0.284. The van der Waals surface area contributed by atoms with Crippen LogP contribution in [0.3, 0.4) is 0 Å². The molecule has 0 aliphatic carbocycles. The van der Waals surface area contributed by atoms with E-state index >= 15 is 0 Å². The SMILES string of the molecule is CN(C(=O)CC(=O)Nc1ccc(Oc2ccnc3cc(-c4nccn4C)sc23)c(F)c1)c1ccccc1. The molecule has 8 nitrogen and oxygen atoms in total. The fourth-order valence-corrected chi connectivity index (χ4v) is 4.85. The van der Waals surface area contributed by atoms with Crippen LogP contribution in [0.4, 0.5) is 15.8 Å². The van der Waals surface area contributed by atoms with Gasteiger partial charge in [-0.25, -0.2) is 9.37 Å². The molecule has 2 amide bonds. The normalized spacial score (nSPS) is 10.9. The first kappa shape index (κ1) is 24.1.